The lowest BCUT2D eigenvalue weighted by atomic mass is 9.86. The van der Waals surface area contributed by atoms with Crippen LogP contribution in [0.4, 0.5) is 0 Å². The topological polar surface area (TPSA) is 26.0 Å². The van der Waals surface area contributed by atoms with Crippen LogP contribution in [0.15, 0.2) is 11.6 Å². The van der Waals surface area contributed by atoms with Gasteiger partial charge < -0.3 is 5.73 Å². The van der Waals surface area contributed by atoms with Crippen molar-refractivity contribution < 1.29 is 0 Å². The third kappa shape index (κ3) is 4.83. The highest BCUT2D eigenvalue weighted by atomic mass is 14.6. The van der Waals surface area contributed by atoms with Gasteiger partial charge in [0.2, 0.25) is 0 Å². The number of hydrogen-bond acceptors (Lipinski definition) is 1. The van der Waals surface area contributed by atoms with Crippen molar-refractivity contribution in [2.24, 2.45) is 11.7 Å². The van der Waals surface area contributed by atoms with E-state index >= 15 is 0 Å². The Morgan fingerprint density at radius 3 is 2.87 bits per heavy atom. The normalized spacial score (nSPS) is 23.7. The lowest BCUT2D eigenvalue weighted by Crippen LogP contribution is -2.21. The summed E-state index contributed by atoms with van der Waals surface area (Å²) >= 11 is 0. The van der Waals surface area contributed by atoms with Gasteiger partial charge in [0.25, 0.3) is 0 Å². The molecular weight excluding hydrogens is 182 g/mol. The molecule has 2 atom stereocenters. The van der Waals surface area contributed by atoms with Gasteiger partial charge in [0.1, 0.15) is 0 Å². The molecule has 1 aliphatic rings. The molecule has 0 aromatic carbocycles. The minimum atomic E-state index is 0.345. The standard InChI is InChI=1S/C14H27N/c1-3-5-7-12(4-2)10-13-8-6-9-14(15)11-13/h11-12,14H,3-10,15H2,1-2H3. The average Bonchev–Trinajstić information content (AvgIpc) is 2.24. The second-order valence-corrected chi connectivity index (χ2v) is 5.00. The number of unbranched alkanes of at least 4 members (excludes halogenated alkanes) is 1. The molecule has 1 rings (SSSR count). The van der Waals surface area contributed by atoms with Gasteiger partial charge >= 0.3 is 0 Å². The maximum absolute atomic E-state index is 5.97. The summed E-state index contributed by atoms with van der Waals surface area (Å²) in [5.74, 6) is 0.904. The SMILES string of the molecule is CCCCC(CC)CC1=CC(N)CCC1. The Balaban J connectivity index is 2.36. The molecule has 1 aliphatic carbocycles. The fourth-order valence-corrected chi connectivity index (χ4v) is 2.52. The van der Waals surface area contributed by atoms with E-state index in [0.717, 1.165) is 5.92 Å². The highest BCUT2D eigenvalue weighted by Gasteiger charge is 2.13. The minimum absolute atomic E-state index is 0.345. The fraction of sp³-hybridized carbons (Fsp3) is 0.857. The van der Waals surface area contributed by atoms with Crippen molar-refractivity contribution in [3.05, 3.63) is 11.6 Å². The Bertz CT molecular complexity index is 196. The zero-order valence-electron chi connectivity index (χ0n) is 10.5. The number of hydrogen-bond donors (Lipinski definition) is 1. The predicted molar refractivity (Wildman–Crippen MR) is 67.8 cm³/mol. The third-order valence-electron chi connectivity index (χ3n) is 3.58. The van der Waals surface area contributed by atoms with Gasteiger partial charge in [0.05, 0.1) is 0 Å². The molecule has 0 spiro atoms. The van der Waals surface area contributed by atoms with Crippen LogP contribution in [0, 0.1) is 5.92 Å². The Labute approximate surface area is 95.1 Å². The number of nitrogens with two attached hydrogens (primary N) is 1. The van der Waals surface area contributed by atoms with Crippen LogP contribution < -0.4 is 5.73 Å². The van der Waals surface area contributed by atoms with Crippen molar-refractivity contribution in [2.45, 2.75) is 71.3 Å². The van der Waals surface area contributed by atoms with Crippen LogP contribution in [0.3, 0.4) is 0 Å². The monoisotopic (exact) mass is 209 g/mol. The van der Waals surface area contributed by atoms with E-state index in [0.29, 0.717) is 6.04 Å². The first kappa shape index (κ1) is 12.8. The first-order valence-corrected chi connectivity index (χ1v) is 6.71. The Hall–Kier alpha value is -0.300. The molecule has 0 aliphatic heterocycles. The molecule has 2 N–H and O–H groups in total. The van der Waals surface area contributed by atoms with Crippen LogP contribution in [-0.4, -0.2) is 6.04 Å². The van der Waals surface area contributed by atoms with Gasteiger partial charge in [-0.1, -0.05) is 51.2 Å². The van der Waals surface area contributed by atoms with E-state index in [-0.39, 0.29) is 0 Å². The molecule has 0 aromatic rings. The molecule has 0 aromatic heterocycles. The molecule has 0 saturated heterocycles. The molecule has 0 radical (unpaired) electrons. The molecule has 1 heteroatoms. The predicted octanol–water partition coefficient (Wildman–Crippen LogP) is 4.03. The van der Waals surface area contributed by atoms with Gasteiger partial charge in [-0.25, -0.2) is 0 Å². The van der Waals surface area contributed by atoms with Gasteiger partial charge in [-0.05, 0) is 31.6 Å². The molecule has 0 amide bonds. The van der Waals surface area contributed by atoms with E-state index in [1.807, 2.05) is 0 Å². The van der Waals surface area contributed by atoms with Crippen LogP contribution in [-0.2, 0) is 0 Å². The molecule has 15 heavy (non-hydrogen) atoms. The summed E-state index contributed by atoms with van der Waals surface area (Å²) < 4.78 is 0. The Kier molecular flexibility index (Phi) is 6.00. The maximum Gasteiger partial charge on any atom is 0.0226 e. The molecule has 2 unspecified atom stereocenters. The van der Waals surface area contributed by atoms with Gasteiger partial charge in [-0.15, -0.1) is 0 Å². The van der Waals surface area contributed by atoms with E-state index < -0.39 is 0 Å². The second-order valence-electron chi connectivity index (χ2n) is 5.00. The highest BCUT2D eigenvalue weighted by molar-refractivity contribution is 5.10. The molecule has 1 nitrogen and oxygen atoms in total. The molecule has 0 heterocycles. The van der Waals surface area contributed by atoms with Crippen LogP contribution in [0.25, 0.3) is 0 Å². The van der Waals surface area contributed by atoms with Crippen molar-refractivity contribution in [2.75, 3.05) is 0 Å². The van der Waals surface area contributed by atoms with Gasteiger partial charge in [-0.3, -0.25) is 0 Å². The van der Waals surface area contributed by atoms with Crippen molar-refractivity contribution in [1.29, 1.82) is 0 Å². The van der Waals surface area contributed by atoms with Crippen LogP contribution >= 0.6 is 0 Å². The van der Waals surface area contributed by atoms with Gasteiger partial charge in [0.15, 0.2) is 0 Å². The average molecular weight is 209 g/mol. The smallest absolute Gasteiger partial charge is 0.0226 e. The highest BCUT2D eigenvalue weighted by Crippen LogP contribution is 2.27. The van der Waals surface area contributed by atoms with E-state index in [1.165, 1.54) is 51.4 Å². The zero-order chi connectivity index (χ0) is 11.1. The lowest BCUT2D eigenvalue weighted by Gasteiger charge is -2.22. The Morgan fingerprint density at radius 1 is 1.47 bits per heavy atom. The van der Waals surface area contributed by atoms with Crippen molar-refractivity contribution in [3.63, 3.8) is 0 Å². The van der Waals surface area contributed by atoms with Crippen molar-refractivity contribution >= 4 is 0 Å². The minimum Gasteiger partial charge on any atom is -0.324 e. The molecule has 0 fully saturated rings. The maximum atomic E-state index is 5.97. The van der Waals surface area contributed by atoms with E-state index in [1.54, 1.807) is 5.57 Å². The first-order valence-electron chi connectivity index (χ1n) is 6.71. The summed E-state index contributed by atoms with van der Waals surface area (Å²) in [5, 5.41) is 0. The van der Waals surface area contributed by atoms with Gasteiger partial charge in [0, 0.05) is 6.04 Å². The number of rotatable bonds is 6. The van der Waals surface area contributed by atoms with Crippen molar-refractivity contribution in [3.8, 4) is 0 Å². The van der Waals surface area contributed by atoms with Crippen LogP contribution in [0.5, 0.6) is 0 Å². The lowest BCUT2D eigenvalue weighted by molar-refractivity contribution is 0.435. The fourth-order valence-electron chi connectivity index (χ4n) is 2.52. The Morgan fingerprint density at radius 2 is 2.27 bits per heavy atom. The summed E-state index contributed by atoms with van der Waals surface area (Å²) in [6.45, 7) is 4.60. The van der Waals surface area contributed by atoms with E-state index in [4.69, 9.17) is 5.73 Å². The number of allylic oxidation sites excluding steroid dienone is 1. The van der Waals surface area contributed by atoms with E-state index in [9.17, 15) is 0 Å². The van der Waals surface area contributed by atoms with Gasteiger partial charge in [-0.2, -0.15) is 0 Å². The summed E-state index contributed by atoms with van der Waals surface area (Å²) in [7, 11) is 0. The molecule has 88 valence electrons. The molecule has 0 bridgehead atoms. The quantitative estimate of drug-likeness (QED) is 0.657. The van der Waals surface area contributed by atoms with Crippen molar-refractivity contribution in [1.82, 2.24) is 0 Å². The summed E-state index contributed by atoms with van der Waals surface area (Å²) in [5.41, 5.74) is 7.60. The van der Waals surface area contributed by atoms with Crippen LogP contribution in [0.2, 0.25) is 0 Å². The third-order valence-corrected chi connectivity index (χ3v) is 3.58. The summed E-state index contributed by atoms with van der Waals surface area (Å²) in [6, 6.07) is 0.345. The first-order chi connectivity index (χ1) is 7.26. The van der Waals surface area contributed by atoms with E-state index in [2.05, 4.69) is 19.9 Å². The molecule has 0 saturated carbocycles. The summed E-state index contributed by atoms with van der Waals surface area (Å²) in [6.07, 6.45) is 12.9. The largest absolute Gasteiger partial charge is 0.324 e. The second kappa shape index (κ2) is 7.05. The summed E-state index contributed by atoms with van der Waals surface area (Å²) in [4.78, 5) is 0. The van der Waals surface area contributed by atoms with Crippen LogP contribution in [0.1, 0.15) is 65.2 Å². The molecular formula is C14H27N. The zero-order valence-corrected chi connectivity index (χ0v) is 10.5.